The second-order valence-corrected chi connectivity index (χ2v) is 7.25. The van der Waals surface area contributed by atoms with E-state index in [-0.39, 0.29) is 6.03 Å². The molecule has 1 heterocycles. The first kappa shape index (κ1) is 21.1. The van der Waals surface area contributed by atoms with Crippen LogP contribution in [0.1, 0.15) is 35.6 Å². The van der Waals surface area contributed by atoms with Crippen molar-refractivity contribution in [2.24, 2.45) is 0 Å². The van der Waals surface area contributed by atoms with Gasteiger partial charge in [0.25, 0.3) is 0 Å². The average molecular weight is 402 g/mol. The highest BCUT2D eigenvalue weighted by Gasteiger charge is 2.09. The fourth-order valence-electron chi connectivity index (χ4n) is 3.32. The van der Waals surface area contributed by atoms with Crippen molar-refractivity contribution in [2.75, 3.05) is 23.7 Å². The molecule has 0 spiro atoms. The number of amides is 2. The third kappa shape index (κ3) is 4.87. The zero-order valence-electron chi connectivity index (χ0n) is 17.7. The van der Waals surface area contributed by atoms with Crippen LogP contribution in [0.5, 0.6) is 0 Å². The number of hydrogen-bond donors (Lipinski definition) is 3. The minimum atomic E-state index is -0.219. The summed E-state index contributed by atoms with van der Waals surface area (Å²) >= 11 is 0. The summed E-state index contributed by atoms with van der Waals surface area (Å²) in [7, 11) is 0. The van der Waals surface area contributed by atoms with Gasteiger partial charge < -0.3 is 16.0 Å². The molecule has 2 aromatic carbocycles. The molecule has 0 saturated heterocycles. The van der Waals surface area contributed by atoms with Crippen LogP contribution < -0.4 is 16.0 Å². The molecular weight excluding hydrogens is 374 g/mol. The molecule has 3 N–H and O–H groups in total. The van der Waals surface area contributed by atoms with Crippen molar-refractivity contribution in [3.63, 3.8) is 0 Å². The van der Waals surface area contributed by atoms with Crippen LogP contribution in [0, 0.1) is 25.2 Å². The Bertz CT molecular complexity index is 1100. The third-order valence-electron chi connectivity index (χ3n) is 5.21. The Morgan fingerprint density at radius 1 is 1.13 bits per heavy atom. The summed E-state index contributed by atoms with van der Waals surface area (Å²) in [4.78, 5) is 16.8. The van der Waals surface area contributed by atoms with Crippen LogP contribution in [0.4, 0.5) is 16.3 Å². The summed E-state index contributed by atoms with van der Waals surface area (Å²) in [5.74, 6) is 0.583. The summed E-state index contributed by atoms with van der Waals surface area (Å²) in [5.41, 5.74) is 5.65. The lowest BCUT2D eigenvalue weighted by atomic mass is 10.0. The van der Waals surface area contributed by atoms with Gasteiger partial charge in [0, 0.05) is 24.2 Å². The number of benzene rings is 2. The van der Waals surface area contributed by atoms with Gasteiger partial charge in [-0.15, -0.1) is 0 Å². The van der Waals surface area contributed by atoms with E-state index in [2.05, 4.69) is 40.9 Å². The van der Waals surface area contributed by atoms with E-state index in [1.165, 1.54) is 5.56 Å². The van der Waals surface area contributed by atoms with Crippen molar-refractivity contribution >= 4 is 28.4 Å². The average Bonchev–Trinajstić information content (AvgIpc) is 2.76. The predicted octanol–water partition coefficient (Wildman–Crippen LogP) is 4.91. The van der Waals surface area contributed by atoms with Crippen molar-refractivity contribution in [2.45, 2.75) is 33.6 Å². The molecule has 154 valence electrons. The normalized spacial score (nSPS) is 10.5. The quantitative estimate of drug-likeness (QED) is 0.491. The van der Waals surface area contributed by atoms with Crippen molar-refractivity contribution in [1.29, 1.82) is 5.26 Å². The maximum atomic E-state index is 12.1. The molecule has 0 fully saturated rings. The lowest BCUT2D eigenvalue weighted by molar-refractivity contribution is 0.252. The fraction of sp³-hybridized carbons (Fsp3) is 0.292. The van der Waals surface area contributed by atoms with Crippen molar-refractivity contribution in [1.82, 2.24) is 10.3 Å². The molecule has 3 aromatic rings. The van der Waals surface area contributed by atoms with E-state index in [9.17, 15) is 10.1 Å². The monoisotopic (exact) mass is 401 g/mol. The van der Waals surface area contributed by atoms with Crippen molar-refractivity contribution < 1.29 is 4.79 Å². The van der Waals surface area contributed by atoms with Crippen molar-refractivity contribution in [3.05, 3.63) is 64.7 Å². The Balaban J connectivity index is 1.54. The number of nitrogens with zero attached hydrogens (tertiary/aromatic N) is 2. The SMILES string of the molecule is CCc1ccccc1NC(=O)NCCCNc1nc2c(C)c(C)ccc2cc1C#N. The number of para-hydroxylation sites is 1. The molecule has 2 amide bonds. The third-order valence-corrected chi connectivity index (χ3v) is 5.21. The fourth-order valence-corrected chi connectivity index (χ4v) is 3.32. The number of fused-ring (bicyclic) bond motifs is 1. The van der Waals surface area contributed by atoms with Crippen LogP contribution in [0.25, 0.3) is 10.9 Å². The number of urea groups is 1. The number of hydrogen-bond acceptors (Lipinski definition) is 4. The van der Waals surface area contributed by atoms with Gasteiger partial charge in [-0.25, -0.2) is 9.78 Å². The van der Waals surface area contributed by atoms with Gasteiger partial charge in [-0.05, 0) is 55.5 Å². The van der Waals surface area contributed by atoms with Crippen LogP contribution >= 0.6 is 0 Å². The molecule has 0 aliphatic rings. The number of nitriles is 1. The topological polar surface area (TPSA) is 89.8 Å². The number of aryl methyl sites for hydroxylation is 3. The molecule has 30 heavy (non-hydrogen) atoms. The molecule has 1 aromatic heterocycles. The maximum absolute atomic E-state index is 12.1. The number of pyridine rings is 1. The van der Waals surface area contributed by atoms with Gasteiger partial charge >= 0.3 is 6.03 Å². The van der Waals surface area contributed by atoms with Gasteiger partial charge in [-0.2, -0.15) is 5.26 Å². The van der Waals surface area contributed by atoms with Crippen LogP contribution in [-0.4, -0.2) is 24.1 Å². The largest absolute Gasteiger partial charge is 0.369 e. The molecule has 0 unspecified atom stereocenters. The molecule has 0 bridgehead atoms. The van der Waals surface area contributed by atoms with Gasteiger partial charge in [0.1, 0.15) is 11.9 Å². The second kappa shape index (κ2) is 9.75. The first-order chi connectivity index (χ1) is 14.5. The second-order valence-electron chi connectivity index (χ2n) is 7.25. The summed E-state index contributed by atoms with van der Waals surface area (Å²) < 4.78 is 0. The molecular formula is C24H27N5O. The van der Waals surface area contributed by atoms with Gasteiger partial charge in [-0.1, -0.05) is 37.3 Å². The lowest BCUT2D eigenvalue weighted by Gasteiger charge is -2.12. The van der Waals surface area contributed by atoms with E-state index in [0.717, 1.165) is 34.1 Å². The van der Waals surface area contributed by atoms with E-state index < -0.39 is 0 Å². The van der Waals surface area contributed by atoms with Gasteiger partial charge in [0.15, 0.2) is 0 Å². The van der Waals surface area contributed by atoms with Crippen molar-refractivity contribution in [3.8, 4) is 6.07 Å². The van der Waals surface area contributed by atoms with E-state index >= 15 is 0 Å². The molecule has 3 rings (SSSR count). The van der Waals surface area contributed by atoms with E-state index in [4.69, 9.17) is 0 Å². The van der Waals surface area contributed by atoms with Crippen LogP contribution in [0.3, 0.4) is 0 Å². The summed E-state index contributed by atoms with van der Waals surface area (Å²) in [5, 5.41) is 19.4. The molecule has 0 saturated carbocycles. The molecule has 6 nitrogen and oxygen atoms in total. The number of rotatable bonds is 7. The minimum absolute atomic E-state index is 0.219. The number of carbonyl (C=O) groups is 1. The highest BCUT2D eigenvalue weighted by molar-refractivity contribution is 5.90. The van der Waals surface area contributed by atoms with E-state index in [1.807, 2.05) is 49.4 Å². The Morgan fingerprint density at radius 3 is 2.70 bits per heavy atom. The number of anilines is 2. The Kier molecular flexibility index (Phi) is 6.87. The zero-order valence-corrected chi connectivity index (χ0v) is 17.7. The summed E-state index contributed by atoms with van der Waals surface area (Å²) in [6.45, 7) is 7.27. The molecule has 0 aliphatic carbocycles. The van der Waals surface area contributed by atoms with Gasteiger partial charge in [0.05, 0.1) is 11.1 Å². The molecule has 6 heteroatoms. The number of aromatic nitrogens is 1. The zero-order chi connectivity index (χ0) is 21.5. The Hall–Kier alpha value is -3.59. The van der Waals surface area contributed by atoms with E-state index in [0.29, 0.717) is 30.9 Å². The summed E-state index contributed by atoms with van der Waals surface area (Å²) in [6.07, 6.45) is 1.57. The maximum Gasteiger partial charge on any atom is 0.319 e. The molecule has 0 atom stereocenters. The molecule has 0 radical (unpaired) electrons. The highest BCUT2D eigenvalue weighted by Crippen LogP contribution is 2.24. The summed E-state index contributed by atoms with van der Waals surface area (Å²) in [6, 6.07) is 15.7. The highest BCUT2D eigenvalue weighted by atomic mass is 16.2. The van der Waals surface area contributed by atoms with Crippen LogP contribution in [-0.2, 0) is 6.42 Å². The standard InChI is InChI=1S/C24H27N5O/c1-4-18-8-5-6-9-21(18)28-24(30)27-13-7-12-26-23-20(15-25)14-19-11-10-16(2)17(3)22(19)29-23/h5-6,8-11,14H,4,7,12-13H2,1-3H3,(H,26,29)(H2,27,28,30). The smallest absolute Gasteiger partial charge is 0.319 e. The first-order valence-corrected chi connectivity index (χ1v) is 10.2. The van der Waals surface area contributed by atoms with E-state index in [1.54, 1.807) is 0 Å². The lowest BCUT2D eigenvalue weighted by Crippen LogP contribution is -2.30. The Morgan fingerprint density at radius 2 is 1.93 bits per heavy atom. The Labute approximate surface area is 177 Å². The minimum Gasteiger partial charge on any atom is -0.369 e. The first-order valence-electron chi connectivity index (χ1n) is 10.2. The van der Waals surface area contributed by atoms with Crippen LogP contribution in [0.2, 0.25) is 0 Å². The number of carbonyl (C=O) groups excluding carboxylic acids is 1. The van der Waals surface area contributed by atoms with Crippen LogP contribution in [0.15, 0.2) is 42.5 Å². The number of nitrogens with one attached hydrogen (secondary N) is 3. The molecule has 0 aliphatic heterocycles. The van der Waals surface area contributed by atoms with Gasteiger partial charge in [0.2, 0.25) is 0 Å². The van der Waals surface area contributed by atoms with Gasteiger partial charge in [-0.3, -0.25) is 0 Å². The predicted molar refractivity (Wildman–Crippen MR) is 122 cm³/mol.